The number of hydrogen-bond acceptors (Lipinski definition) is 5. The normalized spacial score (nSPS) is 10.1. The molecule has 0 saturated heterocycles. The van der Waals surface area contributed by atoms with E-state index in [9.17, 15) is 4.79 Å². The van der Waals surface area contributed by atoms with E-state index in [-0.39, 0.29) is 5.91 Å². The number of nitrogen functional groups attached to an aromatic ring is 2. The maximum atomic E-state index is 12.1. The molecule has 0 radical (unpaired) electrons. The number of anilines is 2. The van der Waals surface area contributed by atoms with Gasteiger partial charge in [0.05, 0.1) is 18.5 Å². The molecule has 0 saturated carbocycles. The van der Waals surface area contributed by atoms with Crippen LogP contribution in [0.1, 0.15) is 15.9 Å². The summed E-state index contributed by atoms with van der Waals surface area (Å²) in [7, 11) is 1.63. The molecule has 0 spiro atoms. The van der Waals surface area contributed by atoms with Crippen LogP contribution in [-0.2, 0) is 6.42 Å². The summed E-state index contributed by atoms with van der Waals surface area (Å²) >= 11 is 0. The highest BCUT2D eigenvalue weighted by atomic mass is 16.5. The highest BCUT2D eigenvalue weighted by Gasteiger charge is 2.07. The van der Waals surface area contributed by atoms with Crippen LogP contribution in [0.2, 0.25) is 0 Å². The number of nitrogens with one attached hydrogen (secondary N) is 2. The number of methoxy groups -OCH3 is 1. The van der Waals surface area contributed by atoms with Crippen molar-refractivity contribution in [3.63, 3.8) is 0 Å². The molecule has 6 heteroatoms. The van der Waals surface area contributed by atoms with Crippen LogP contribution >= 0.6 is 0 Å². The van der Waals surface area contributed by atoms with Gasteiger partial charge in [-0.1, -0.05) is 12.1 Å². The lowest BCUT2D eigenvalue weighted by Crippen LogP contribution is -2.25. The molecular formula is C16H20N4O2. The first kappa shape index (κ1) is 15.7. The Morgan fingerprint density at radius 1 is 1.23 bits per heavy atom. The molecule has 0 aliphatic heterocycles. The van der Waals surface area contributed by atoms with Crippen molar-refractivity contribution in [3.05, 3.63) is 53.6 Å². The van der Waals surface area contributed by atoms with E-state index in [0.29, 0.717) is 23.5 Å². The van der Waals surface area contributed by atoms with E-state index in [4.69, 9.17) is 16.3 Å². The largest absolute Gasteiger partial charge is 0.497 e. The molecule has 0 bridgehead atoms. The zero-order valence-electron chi connectivity index (χ0n) is 12.4. The first-order valence-corrected chi connectivity index (χ1v) is 6.91. The molecule has 0 atom stereocenters. The fourth-order valence-corrected chi connectivity index (χ4v) is 2.09. The molecule has 0 unspecified atom stereocenters. The van der Waals surface area contributed by atoms with E-state index in [1.807, 2.05) is 24.3 Å². The Kier molecular flexibility index (Phi) is 5.21. The van der Waals surface area contributed by atoms with Crippen LogP contribution in [0, 0.1) is 0 Å². The highest BCUT2D eigenvalue weighted by molar-refractivity contribution is 5.96. The minimum absolute atomic E-state index is 0.168. The number of carbonyl (C=O) groups is 1. The Morgan fingerprint density at radius 2 is 2.05 bits per heavy atom. The fraction of sp³-hybridized carbons (Fsp3) is 0.188. The second-order valence-electron chi connectivity index (χ2n) is 4.80. The molecule has 0 fully saturated rings. The minimum Gasteiger partial charge on any atom is -0.497 e. The van der Waals surface area contributed by atoms with Gasteiger partial charge in [-0.25, -0.2) is 0 Å². The topological polar surface area (TPSA) is 102 Å². The molecule has 0 heterocycles. The summed E-state index contributed by atoms with van der Waals surface area (Å²) in [6, 6.07) is 12.7. The van der Waals surface area contributed by atoms with Crippen LogP contribution in [0.5, 0.6) is 5.75 Å². The van der Waals surface area contributed by atoms with Crippen LogP contribution in [0.3, 0.4) is 0 Å². The summed E-state index contributed by atoms with van der Waals surface area (Å²) < 4.78 is 5.17. The number of carbonyl (C=O) groups excluding carboxylic acids is 1. The molecule has 6 N–H and O–H groups in total. The zero-order chi connectivity index (χ0) is 15.9. The summed E-state index contributed by atoms with van der Waals surface area (Å²) in [4.78, 5) is 12.1. The van der Waals surface area contributed by atoms with Gasteiger partial charge in [0.1, 0.15) is 5.75 Å². The second kappa shape index (κ2) is 7.33. The Balaban J connectivity index is 1.91. The summed E-state index contributed by atoms with van der Waals surface area (Å²) in [5, 5.41) is 2.86. The van der Waals surface area contributed by atoms with Gasteiger partial charge in [-0.3, -0.25) is 10.6 Å². The van der Waals surface area contributed by atoms with E-state index >= 15 is 0 Å². The molecule has 2 aromatic carbocycles. The van der Waals surface area contributed by atoms with Gasteiger partial charge in [0, 0.05) is 12.1 Å². The van der Waals surface area contributed by atoms with E-state index in [1.54, 1.807) is 25.3 Å². The van der Waals surface area contributed by atoms with Crippen molar-refractivity contribution in [1.82, 2.24) is 5.32 Å². The predicted octanol–water partition coefficient (Wildman–Crippen LogP) is 1.54. The van der Waals surface area contributed by atoms with E-state index in [2.05, 4.69) is 10.7 Å². The van der Waals surface area contributed by atoms with Crippen molar-refractivity contribution in [2.45, 2.75) is 6.42 Å². The Hall–Kier alpha value is -2.73. The molecule has 2 aromatic rings. The lowest BCUT2D eigenvalue weighted by Gasteiger charge is -2.09. The molecule has 0 aliphatic rings. The molecule has 0 aliphatic carbocycles. The van der Waals surface area contributed by atoms with Gasteiger partial charge in [-0.2, -0.15) is 0 Å². The number of hydrazine groups is 1. The third kappa shape index (κ3) is 3.89. The Morgan fingerprint density at radius 3 is 2.73 bits per heavy atom. The van der Waals surface area contributed by atoms with Crippen molar-refractivity contribution in [1.29, 1.82) is 0 Å². The van der Waals surface area contributed by atoms with E-state index < -0.39 is 0 Å². The number of nitrogens with two attached hydrogens (primary N) is 2. The number of amides is 1. The van der Waals surface area contributed by atoms with Crippen LogP contribution in [-0.4, -0.2) is 19.6 Å². The fourth-order valence-electron chi connectivity index (χ4n) is 2.09. The average molecular weight is 300 g/mol. The first-order valence-electron chi connectivity index (χ1n) is 6.91. The second-order valence-corrected chi connectivity index (χ2v) is 4.80. The van der Waals surface area contributed by atoms with Gasteiger partial charge < -0.3 is 21.2 Å². The SMILES string of the molecule is COc1cccc(CCNC(=O)c2ccc(NN)c(N)c2)c1. The van der Waals surface area contributed by atoms with Crippen molar-refractivity contribution < 1.29 is 9.53 Å². The summed E-state index contributed by atoms with van der Waals surface area (Å²) in [5.74, 6) is 5.94. The minimum atomic E-state index is -0.168. The summed E-state index contributed by atoms with van der Waals surface area (Å²) in [6.07, 6.45) is 0.723. The van der Waals surface area contributed by atoms with Gasteiger partial charge in [0.2, 0.25) is 0 Å². The maximum absolute atomic E-state index is 12.1. The molecule has 1 amide bonds. The average Bonchev–Trinajstić information content (AvgIpc) is 2.54. The summed E-state index contributed by atoms with van der Waals surface area (Å²) in [5.41, 5.74) is 10.9. The quantitative estimate of drug-likeness (QED) is 0.368. The van der Waals surface area contributed by atoms with Crippen LogP contribution in [0.4, 0.5) is 11.4 Å². The van der Waals surface area contributed by atoms with E-state index in [0.717, 1.165) is 17.7 Å². The highest BCUT2D eigenvalue weighted by Crippen LogP contribution is 2.18. The van der Waals surface area contributed by atoms with Gasteiger partial charge >= 0.3 is 0 Å². The number of hydrogen-bond donors (Lipinski definition) is 4. The van der Waals surface area contributed by atoms with Gasteiger partial charge in [-0.05, 0) is 42.3 Å². The third-order valence-corrected chi connectivity index (χ3v) is 3.30. The van der Waals surface area contributed by atoms with Crippen molar-refractivity contribution in [2.75, 3.05) is 24.8 Å². The summed E-state index contributed by atoms with van der Waals surface area (Å²) in [6.45, 7) is 0.531. The molecule has 0 aromatic heterocycles. The molecule has 2 rings (SSSR count). The maximum Gasteiger partial charge on any atom is 0.251 e. The Labute approximate surface area is 129 Å². The standard InChI is InChI=1S/C16H20N4O2/c1-22-13-4-2-3-11(9-13)7-8-19-16(21)12-5-6-15(20-18)14(17)10-12/h2-6,9-10,20H,7-8,17-18H2,1H3,(H,19,21). The Bertz CT molecular complexity index is 658. The lowest BCUT2D eigenvalue weighted by molar-refractivity contribution is 0.0954. The van der Waals surface area contributed by atoms with Gasteiger partial charge in [0.25, 0.3) is 5.91 Å². The monoisotopic (exact) mass is 300 g/mol. The lowest BCUT2D eigenvalue weighted by atomic mass is 10.1. The molecule has 22 heavy (non-hydrogen) atoms. The zero-order valence-corrected chi connectivity index (χ0v) is 12.4. The number of ether oxygens (including phenoxy) is 1. The van der Waals surface area contributed by atoms with Crippen molar-refractivity contribution in [3.8, 4) is 5.75 Å². The number of benzene rings is 2. The van der Waals surface area contributed by atoms with Crippen LogP contribution in [0.25, 0.3) is 0 Å². The predicted molar refractivity (Wildman–Crippen MR) is 87.7 cm³/mol. The van der Waals surface area contributed by atoms with Crippen LogP contribution < -0.4 is 27.1 Å². The smallest absolute Gasteiger partial charge is 0.251 e. The van der Waals surface area contributed by atoms with Crippen molar-refractivity contribution >= 4 is 17.3 Å². The third-order valence-electron chi connectivity index (χ3n) is 3.30. The van der Waals surface area contributed by atoms with Crippen molar-refractivity contribution in [2.24, 2.45) is 5.84 Å². The first-order chi connectivity index (χ1) is 10.6. The van der Waals surface area contributed by atoms with Crippen LogP contribution in [0.15, 0.2) is 42.5 Å². The molecule has 6 nitrogen and oxygen atoms in total. The van der Waals surface area contributed by atoms with Gasteiger partial charge in [0.15, 0.2) is 0 Å². The van der Waals surface area contributed by atoms with Gasteiger partial charge in [-0.15, -0.1) is 0 Å². The number of rotatable bonds is 6. The molecule has 116 valence electrons. The van der Waals surface area contributed by atoms with E-state index in [1.165, 1.54) is 0 Å². The molecular weight excluding hydrogens is 280 g/mol.